The second-order valence-corrected chi connectivity index (χ2v) is 8.25. The SMILES string of the molecule is CCCCOc1ccc(C=c2sc3nc(-c4ccc(Br)cc4)nn3c2=O)cc1. The molecule has 0 amide bonds. The highest BCUT2D eigenvalue weighted by Gasteiger charge is 2.11. The van der Waals surface area contributed by atoms with Gasteiger partial charge in [0.1, 0.15) is 5.75 Å². The van der Waals surface area contributed by atoms with Crippen LogP contribution in [0.2, 0.25) is 0 Å². The number of thiazole rings is 1. The Morgan fingerprint density at radius 2 is 1.89 bits per heavy atom. The van der Waals surface area contributed by atoms with Crippen LogP contribution in [0.15, 0.2) is 57.8 Å². The highest BCUT2D eigenvalue weighted by Crippen LogP contribution is 2.19. The molecular weight excluding hydrogens is 438 g/mol. The number of halogens is 1. The quantitative estimate of drug-likeness (QED) is 0.406. The summed E-state index contributed by atoms with van der Waals surface area (Å²) in [5.41, 5.74) is 1.67. The first-order chi connectivity index (χ1) is 13.6. The van der Waals surface area contributed by atoms with Crippen LogP contribution in [0.25, 0.3) is 22.4 Å². The number of nitrogens with zero attached hydrogens (tertiary/aromatic N) is 3. The molecular formula is C21H18BrN3O2S. The van der Waals surface area contributed by atoms with Crippen LogP contribution >= 0.6 is 27.3 Å². The van der Waals surface area contributed by atoms with Gasteiger partial charge in [-0.1, -0.05) is 64.9 Å². The molecule has 7 heteroatoms. The molecule has 0 unspecified atom stereocenters. The van der Waals surface area contributed by atoms with E-state index in [1.807, 2.05) is 54.6 Å². The number of hydrogen-bond acceptors (Lipinski definition) is 5. The second kappa shape index (κ2) is 8.24. The Labute approximate surface area is 174 Å². The summed E-state index contributed by atoms with van der Waals surface area (Å²) in [5.74, 6) is 1.39. The second-order valence-electron chi connectivity index (χ2n) is 6.32. The van der Waals surface area contributed by atoms with Crippen molar-refractivity contribution in [3.8, 4) is 17.1 Å². The average Bonchev–Trinajstić information content (AvgIpc) is 3.24. The molecule has 0 N–H and O–H groups in total. The Morgan fingerprint density at radius 3 is 2.57 bits per heavy atom. The van der Waals surface area contributed by atoms with Gasteiger partial charge in [-0.25, -0.2) is 0 Å². The lowest BCUT2D eigenvalue weighted by molar-refractivity contribution is 0.309. The van der Waals surface area contributed by atoms with Crippen LogP contribution in [-0.4, -0.2) is 21.2 Å². The Balaban J connectivity index is 1.60. The Hall–Kier alpha value is -2.51. The van der Waals surface area contributed by atoms with E-state index in [0.29, 0.717) is 15.3 Å². The van der Waals surface area contributed by atoms with Gasteiger partial charge in [0.25, 0.3) is 5.56 Å². The lowest BCUT2D eigenvalue weighted by Gasteiger charge is -2.04. The standard InChI is InChI=1S/C21H18BrN3O2S/c1-2-3-12-27-17-10-4-14(5-11-17)13-18-20(26)25-21(28-18)23-19(24-25)15-6-8-16(22)9-7-15/h4-11,13H,2-3,12H2,1H3. The molecule has 0 radical (unpaired) electrons. The van der Waals surface area contributed by atoms with Gasteiger partial charge in [-0.3, -0.25) is 4.79 Å². The molecule has 0 spiro atoms. The first-order valence-corrected chi connectivity index (χ1v) is 10.6. The highest BCUT2D eigenvalue weighted by atomic mass is 79.9. The van der Waals surface area contributed by atoms with Gasteiger partial charge in [-0.05, 0) is 42.3 Å². The van der Waals surface area contributed by atoms with Gasteiger partial charge in [-0.15, -0.1) is 5.10 Å². The fourth-order valence-corrected chi connectivity index (χ4v) is 3.87. The molecule has 28 heavy (non-hydrogen) atoms. The van der Waals surface area contributed by atoms with E-state index in [0.717, 1.165) is 40.8 Å². The lowest BCUT2D eigenvalue weighted by atomic mass is 10.2. The van der Waals surface area contributed by atoms with Crippen molar-refractivity contribution in [2.24, 2.45) is 0 Å². The Bertz CT molecular complexity index is 1200. The minimum absolute atomic E-state index is 0.154. The molecule has 2 heterocycles. The molecule has 0 saturated heterocycles. The highest BCUT2D eigenvalue weighted by molar-refractivity contribution is 9.10. The minimum Gasteiger partial charge on any atom is -0.494 e. The molecule has 0 aliphatic rings. The van der Waals surface area contributed by atoms with Crippen molar-refractivity contribution in [1.82, 2.24) is 14.6 Å². The zero-order valence-electron chi connectivity index (χ0n) is 15.3. The van der Waals surface area contributed by atoms with Crippen LogP contribution in [0.4, 0.5) is 0 Å². The van der Waals surface area contributed by atoms with Gasteiger partial charge in [0.2, 0.25) is 4.96 Å². The van der Waals surface area contributed by atoms with E-state index < -0.39 is 0 Å². The number of ether oxygens (including phenoxy) is 1. The van der Waals surface area contributed by atoms with Crippen molar-refractivity contribution in [1.29, 1.82) is 0 Å². The van der Waals surface area contributed by atoms with Crippen LogP contribution in [0, 0.1) is 0 Å². The molecule has 0 bridgehead atoms. The van der Waals surface area contributed by atoms with E-state index in [1.54, 1.807) is 0 Å². The summed E-state index contributed by atoms with van der Waals surface area (Å²) in [5, 5.41) is 4.38. The van der Waals surface area contributed by atoms with Crippen molar-refractivity contribution >= 4 is 38.3 Å². The number of fused-ring (bicyclic) bond motifs is 1. The fourth-order valence-electron chi connectivity index (χ4n) is 2.70. The van der Waals surface area contributed by atoms with E-state index in [-0.39, 0.29) is 5.56 Å². The van der Waals surface area contributed by atoms with Gasteiger partial charge in [0, 0.05) is 10.0 Å². The molecule has 0 aliphatic carbocycles. The molecule has 0 atom stereocenters. The predicted octanol–water partition coefficient (Wildman–Crippen LogP) is 4.31. The lowest BCUT2D eigenvalue weighted by Crippen LogP contribution is -2.23. The van der Waals surface area contributed by atoms with Crippen LogP contribution in [-0.2, 0) is 0 Å². The summed E-state index contributed by atoms with van der Waals surface area (Å²) < 4.78 is 8.64. The molecule has 142 valence electrons. The number of rotatable bonds is 6. The van der Waals surface area contributed by atoms with Gasteiger partial charge >= 0.3 is 0 Å². The van der Waals surface area contributed by atoms with Crippen molar-refractivity contribution in [3.63, 3.8) is 0 Å². The van der Waals surface area contributed by atoms with E-state index in [2.05, 4.69) is 32.9 Å². The zero-order chi connectivity index (χ0) is 19.5. The van der Waals surface area contributed by atoms with Crippen molar-refractivity contribution in [2.75, 3.05) is 6.61 Å². The first-order valence-electron chi connectivity index (χ1n) is 9.04. The first kappa shape index (κ1) is 18.8. The van der Waals surface area contributed by atoms with Gasteiger partial charge < -0.3 is 4.74 Å². The molecule has 0 aliphatic heterocycles. The molecule has 4 aromatic rings. The van der Waals surface area contributed by atoms with E-state index in [1.165, 1.54) is 15.9 Å². The zero-order valence-corrected chi connectivity index (χ0v) is 17.7. The fraction of sp³-hybridized carbons (Fsp3) is 0.190. The maximum Gasteiger partial charge on any atom is 0.291 e. The maximum absolute atomic E-state index is 12.7. The molecule has 0 fully saturated rings. The van der Waals surface area contributed by atoms with E-state index >= 15 is 0 Å². The van der Waals surface area contributed by atoms with Crippen LogP contribution in [0.5, 0.6) is 5.75 Å². The summed E-state index contributed by atoms with van der Waals surface area (Å²) >= 11 is 4.75. The van der Waals surface area contributed by atoms with Crippen molar-refractivity contribution in [3.05, 3.63) is 73.5 Å². The largest absolute Gasteiger partial charge is 0.494 e. The predicted molar refractivity (Wildman–Crippen MR) is 116 cm³/mol. The van der Waals surface area contributed by atoms with Gasteiger partial charge in [-0.2, -0.15) is 9.50 Å². The molecule has 2 aromatic heterocycles. The third kappa shape index (κ3) is 4.00. The third-order valence-corrected chi connectivity index (χ3v) is 5.72. The smallest absolute Gasteiger partial charge is 0.291 e. The van der Waals surface area contributed by atoms with Crippen LogP contribution in [0.1, 0.15) is 25.3 Å². The summed E-state index contributed by atoms with van der Waals surface area (Å²) in [6.45, 7) is 2.86. The number of unbranched alkanes of at least 4 members (excludes halogenated alkanes) is 1. The van der Waals surface area contributed by atoms with Crippen molar-refractivity contribution < 1.29 is 4.74 Å². The molecule has 2 aromatic carbocycles. The van der Waals surface area contributed by atoms with Crippen molar-refractivity contribution in [2.45, 2.75) is 19.8 Å². The van der Waals surface area contributed by atoms with E-state index in [4.69, 9.17) is 4.74 Å². The summed E-state index contributed by atoms with van der Waals surface area (Å²) in [4.78, 5) is 17.8. The number of hydrogen-bond donors (Lipinski definition) is 0. The van der Waals surface area contributed by atoms with E-state index in [9.17, 15) is 4.79 Å². The average molecular weight is 456 g/mol. The van der Waals surface area contributed by atoms with Crippen LogP contribution in [0.3, 0.4) is 0 Å². The number of aromatic nitrogens is 3. The third-order valence-electron chi connectivity index (χ3n) is 4.23. The molecule has 0 saturated carbocycles. The normalized spacial score (nSPS) is 12.0. The Morgan fingerprint density at radius 1 is 1.14 bits per heavy atom. The minimum atomic E-state index is -0.154. The summed E-state index contributed by atoms with van der Waals surface area (Å²) in [6, 6.07) is 15.4. The topological polar surface area (TPSA) is 56.5 Å². The molecule has 5 nitrogen and oxygen atoms in total. The van der Waals surface area contributed by atoms with Crippen LogP contribution < -0.4 is 14.8 Å². The summed E-state index contributed by atoms with van der Waals surface area (Å²) in [6.07, 6.45) is 4.01. The monoisotopic (exact) mass is 455 g/mol. The molecule has 4 rings (SSSR count). The van der Waals surface area contributed by atoms with Gasteiger partial charge in [0.05, 0.1) is 11.1 Å². The maximum atomic E-state index is 12.7. The van der Waals surface area contributed by atoms with Gasteiger partial charge in [0.15, 0.2) is 5.82 Å². The Kier molecular flexibility index (Phi) is 5.54. The number of benzene rings is 2. The summed E-state index contributed by atoms with van der Waals surface area (Å²) in [7, 11) is 0.